The second-order valence-corrected chi connectivity index (χ2v) is 5.47. The van der Waals surface area contributed by atoms with Crippen molar-refractivity contribution < 1.29 is 19.3 Å². The van der Waals surface area contributed by atoms with Gasteiger partial charge in [0.15, 0.2) is 4.88 Å². The standard InChI is InChI=1S/C12H14N2O4S/c1-6(2)10-4-9(11(19-10)12(15)16)17-5-8-7(3)13-18-14-8/h4,6H,5H2,1-3H3,(H,15,16). The van der Waals surface area contributed by atoms with Crippen LogP contribution in [0.2, 0.25) is 0 Å². The van der Waals surface area contributed by atoms with Gasteiger partial charge >= 0.3 is 5.97 Å². The summed E-state index contributed by atoms with van der Waals surface area (Å²) in [6, 6.07) is 1.77. The van der Waals surface area contributed by atoms with Crippen LogP contribution in [0.1, 0.15) is 45.7 Å². The van der Waals surface area contributed by atoms with E-state index >= 15 is 0 Å². The Hall–Kier alpha value is -1.89. The van der Waals surface area contributed by atoms with E-state index in [1.807, 2.05) is 13.8 Å². The zero-order valence-corrected chi connectivity index (χ0v) is 11.7. The van der Waals surface area contributed by atoms with Crippen LogP contribution < -0.4 is 4.74 Å². The SMILES string of the molecule is Cc1nonc1COc1cc(C(C)C)sc1C(=O)O. The van der Waals surface area contributed by atoms with Crippen molar-refractivity contribution >= 4 is 17.3 Å². The van der Waals surface area contributed by atoms with Crippen LogP contribution in [-0.2, 0) is 6.61 Å². The number of carboxylic acids is 1. The molecule has 0 aliphatic heterocycles. The van der Waals surface area contributed by atoms with Gasteiger partial charge in [0.1, 0.15) is 23.7 Å². The number of carbonyl (C=O) groups is 1. The lowest BCUT2D eigenvalue weighted by Gasteiger charge is -2.02. The molecule has 0 atom stereocenters. The molecule has 0 radical (unpaired) electrons. The van der Waals surface area contributed by atoms with Crippen molar-refractivity contribution in [1.82, 2.24) is 10.3 Å². The summed E-state index contributed by atoms with van der Waals surface area (Å²) >= 11 is 1.23. The molecule has 0 saturated carbocycles. The number of aryl methyl sites for hydroxylation is 1. The van der Waals surface area contributed by atoms with Gasteiger partial charge in [-0.3, -0.25) is 0 Å². The van der Waals surface area contributed by atoms with Crippen molar-refractivity contribution in [1.29, 1.82) is 0 Å². The first-order chi connectivity index (χ1) is 8.99. The third-order valence-electron chi connectivity index (χ3n) is 2.59. The van der Waals surface area contributed by atoms with Gasteiger partial charge in [-0.05, 0) is 18.9 Å². The van der Waals surface area contributed by atoms with Gasteiger partial charge in [0.25, 0.3) is 0 Å². The van der Waals surface area contributed by atoms with Crippen LogP contribution in [0.4, 0.5) is 0 Å². The molecule has 0 spiro atoms. The molecular weight excluding hydrogens is 268 g/mol. The molecule has 7 heteroatoms. The Labute approximate surface area is 114 Å². The Kier molecular flexibility index (Phi) is 3.84. The lowest BCUT2D eigenvalue weighted by Crippen LogP contribution is -2.01. The molecule has 102 valence electrons. The second kappa shape index (κ2) is 5.40. The van der Waals surface area contributed by atoms with Crippen molar-refractivity contribution in [2.45, 2.75) is 33.3 Å². The number of thiophene rings is 1. The summed E-state index contributed by atoms with van der Waals surface area (Å²) in [5, 5.41) is 16.5. The highest BCUT2D eigenvalue weighted by Crippen LogP contribution is 2.34. The monoisotopic (exact) mass is 282 g/mol. The van der Waals surface area contributed by atoms with Gasteiger partial charge in [0.2, 0.25) is 0 Å². The Morgan fingerprint density at radius 1 is 1.53 bits per heavy atom. The molecule has 19 heavy (non-hydrogen) atoms. The zero-order valence-electron chi connectivity index (χ0n) is 10.8. The zero-order chi connectivity index (χ0) is 14.0. The Balaban J connectivity index is 2.19. The minimum absolute atomic E-state index is 0.143. The fourth-order valence-electron chi connectivity index (χ4n) is 1.46. The molecule has 1 N–H and O–H groups in total. The summed E-state index contributed by atoms with van der Waals surface area (Å²) in [6.45, 7) is 5.91. The summed E-state index contributed by atoms with van der Waals surface area (Å²) in [7, 11) is 0. The largest absolute Gasteiger partial charge is 0.485 e. The third-order valence-corrected chi connectivity index (χ3v) is 4.00. The van der Waals surface area contributed by atoms with E-state index in [4.69, 9.17) is 9.84 Å². The van der Waals surface area contributed by atoms with E-state index < -0.39 is 5.97 Å². The molecule has 0 aromatic carbocycles. The first kappa shape index (κ1) is 13.5. The molecular formula is C12H14N2O4S. The van der Waals surface area contributed by atoms with E-state index in [-0.39, 0.29) is 17.4 Å². The Morgan fingerprint density at radius 2 is 2.26 bits per heavy atom. The van der Waals surface area contributed by atoms with Gasteiger partial charge in [0.05, 0.1) is 0 Å². The van der Waals surface area contributed by atoms with Crippen molar-refractivity contribution in [3.8, 4) is 5.75 Å². The van der Waals surface area contributed by atoms with Crippen LogP contribution in [0.25, 0.3) is 0 Å². The predicted molar refractivity (Wildman–Crippen MR) is 68.7 cm³/mol. The first-order valence-corrected chi connectivity index (χ1v) is 6.58. The number of hydrogen-bond acceptors (Lipinski definition) is 6. The number of rotatable bonds is 5. The summed E-state index contributed by atoms with van der Waals surface area (Å²) in [5.41, 5.74) is 1.20. The number of carboxylic acid groups (broad SMARTS) is 1. The maximum Gasteiger partial charge on any atom is 0.349 e. The van der Waals surface area contributed by atoms with E-state index in [0.717, 1.165) is 4.88 Å². The number of hydrogen-bond donors (Lipinski definition) is 1. The highest BCUT2D eigenvalue weighted by Gasteiger charge is 2.19. The summed E-state index contributed by atoms with van der Waals surface area (Å²) < 4.78 is 10.1. The fraction of sp³-hybridized carbons (Fsp3) is 0.417. The van der Waals surface area contributed by atoms with Gasteiger partial charge in [-0.25, -0.2) is 9.42 Å². The molecule has 0 fully saturated rings. The van der Waals surface area contributed by atoms with E-state index in [2.05, 4.69) is 14.9 Å². The van der Waals surface area contributed by atoms with Crippen molar-refractivity contribution in [3.63, 3.8) is 0 Å². The lowest BCUT2D eigenvalue weighted by atomic mass is 10.2. The predicted octanol–water partition coefficient (Wildman–Crippen LogP) is 2.84. The van der Waals surface area contributed by atoms with Crippen molar-refractivity contribution in [3.05, 3.63) is 27.2 Å². The maximum absolute atomic E-state index is 11.2. The summed E-state index contributed by atoms with van der Waals surface area (Å²) in [5.74, 6) is -0.360. The van der Waals surface area contributed by atoms with Gasteiger partial charge < -0.3 is 9.84 Å². The van der Waals surface area contributed by atoms with Crippen LogP contribution >= 0.6 is 11.3 Å². The highest BCUT2D eigenvalue weighted by molar-refractivity contribution is 7.14. The molecule has 2 aromatic rings. The van der Waals surface area contributed by atoms with Crippen LogP contribution in [0.3, 0.4) is 0 Å². The van der Waals surface area contributed by atoms with Crippen LogP contribution in [-0.4, -0.2) is 21.4 Å². The van der Waals surface area contributed by atoms with Crippen LogP contribution in [0.5, 0.6) is 5.75 Å². The second-order valence-electron chi connectivity index (χ2n) is 4.39. The lowest BCUT2D eigenvalue weighted by molar-refractivity contribution is 0.0697. The number of aromatic nitrogens is 2. The number of aromatic carboxylic acids is 1. The molecule has 0 aliphatic rings. The molecule has 0 saturated heterocycles. The van der Waals surface area contributed by atoms with Gasteiger partial charge in [-0.1, -0.05) is 24.2 Å². The number of ether oxygens (including phenoxy) is 1. The van der Waals surface area contributed by atoms with E-state index in [9.17, 15) is 4.79 Å². The van der Waals surface area contributed by atoms with Gasteiger partial charge in [0, 0.05) is 4.88 Å². The molecule has 0 bridgehead atoms. The molecule has 2 heterocycles. The van der Waals surface area contributed by atoms with Crippen molar-refractivity contribution in [2.24, 2.45) is 0 Å². The van der Waals surface area contributed by atoms with E-state index in [1.54, 1.807) is 13.0 Å². The quantitative estimate of drug-likeness (QED) is 0.907. The maximum atomic E-state index is 11.2. The van der Waals surface area contributed by atoms with Crippen molar-refractivity contribution in [2.75, 3.05) is 0 Å². The topological polar surface area (TPSA) is 85.5 Å². The Bertz CT molecular complexity index is 588. The molecule has 0 unspecified atom stereocenters. The normalized spacial score (nSPS) is 10.9. The highest BCUT2D eigenvalue weighted by atomic mass is 32.1. The minimum Gasteiger partial charge on any atom is -0.485 e. The number of nitrogens with zero attached hydrogens (tertiary/aromatic N) is 2. The Morgan fingerprint density at radius 3 is 2.79 bits per heavy atom. The summed E-state index contributed by atoms with van der Waals surface area (Å²) in [6.07, 6.45) is 0. The third kappa shape index (κ3) is 2.93. The molecule has 2 aromatic heterocycles. The molecule has 2 rings (SSSR count). The average molecular weight is 282 g/mol. The molecule has 0 amide bonds. The van der Waals surface area contributed by atoms with Crippen LogP contribution in [0.15, 0.2) is 10.7 Å². The molecule has 6 nitrogen and oxygen atoms in total. The molecule has 0 aliphatic carbocycles. The van der Waals surface area contributed by atoms with E-state index in [1.165, 1.54) is 11.3 Å². The minimum atomic E-state index is -0.984. The average Bonchev–Trinajstić information content (AvgIpc) is 2.92. The van der Waals surface area contributed by atoms with E-state index in [0.29, 0.717) is 17.1 Å². The van der Waals surface area contributed by atoms with Gasteiger partial charge in [-0.2, -0.15) is 0 Å². The first-order valence-electron chi connectivity index (χ1n) is 5.77. The van der Waals surface area contributed by atoms with Gasteiger partial charge in [-0.15, -0.1) is 11.3 Å². The van der Waals surface area contributed by atoms with Crippen LogP contribution in [0, 0.1) is 6.92 Å². The fourth-order valence-corrected chi connectivity index (χ4v) is 2.40. The summed E-state index contributed by atoms with van der Waals surface area (Å²) in [4.78, 5) is 12.4. The smallest absolute Gasteiger partial charge is 0.349 e.